The topological polar surface area (TPSA) is 46.9 Å². The van der Waals surface area contributed by atoms with E-state index < -0.39 is 17.6 Å². The highest BCUT2D eigenvalue weighted by molar-refractivity contribution is 6.00. The smallest absolute Gasteiger partial charge is 0.321 e. The van der Waals surface area contributed by atoms with Crippen molar-refractivity contribution in [2.24, 2.45) is 0 Å². The fourth-order valence-electron chi connectivity index (χ4n) is 1.85. The predicted octanol–water partition coefficient (Wildman–Crippen LogP) is 3.96. The molecule has 0 aliphatic rings. The number of halogens is 3. The molecule has 2 aromatic rings. The van der Waals surface area contributed by atoms with Crippen LogP contribution in [0.25, 0.3) is 5.69 Å². The normalized spacial score (nSPS) is 12.2. The zero-order valence-corrected chi connectivity index (χ0v) is 12.2. The van der Waals surface area contributed by atoms with E-state index in [1.807, 2.05) is 0 Å². The molecule has 120 valence electrons. The Balaban J connectivity index is 2.39. The van der Waals surface area contributed by atoms with E-state index in [1.54, 1.807) is 31.3 Å². The lowest BCUT2D eigenvalue weighted by Crippen LogP contribution is -2.13. The van der Waals surface area contributed by atoms with Crippen molar-refractivity contribution in [2.45, 2.75) is 13.1 Å². The zero-order valence-electron chi connectivity index (χ0n) is 12.2. The number of amides is 1. The minimum absolute atomic E-state index is 0.0265. The third-order valence-corrected chi connectivity index (χ3v) is 2.88. The Bertz CT molecular complexity index is 732. The molecular formula is C16H14F3N3O. The van der Waals surface area contributed by atoms with Gasteiger partial charge in [0.15, 0.2) is 0 Å². The van der Waals surface area contributed by atoms with Crippen LogP contribution in [0, 0.1) is 0 Å². The SMILES string of the molecule is C/C=C/C=C/C(=O)Nc1cc(C(F)(F)F)ccc1-n1cccn1. The second-order valence-corrected chi connectivity index (χ2v) is 4.55. The van der Waals surface area contributed by atoms with Crippen molar-refractivity contribution in [3.05, 3.63) is 66.5 Å². The van der Waals surface area contributed by atoms with Gasteiger partial charge in [-0.15, -0.1) is 0 Å². The van der Waals surface area contributed by atoms with Crippen molar-refractivity contribution >= 4 is 11.6 Å². The lowest BCUT2D eigenvalue weighted by molar-refractivity contribution is -0.137. The van der Waals surface area contributed by atoms with Crippen LogP contribution in [0.2, 0.25) is 0 Å². The Kier molecular flexibility index (Phi) is 5.00. The number of alkyl halides is 3. The maximum absolute atomic E-state index is 12.9. The zero-order chi connectivity index (χ0) is 16.9. The van der Waals surface area contributed by atoms with E-state index in [0.29, 0.717) is 5.69 Å². The van der Waals surface area contributed by atoms with Crippen LogP contribution in [0.5, 0.6) is 0 Å². The fraction of sp³-hybridized carbons (Fsp3) is 0.125. The van der Waals surface area contributed by atoms with Gasteiger partial charge in [-0.1, -0.05) is 18.2 Å². The van der Waals surface area contributed by atoms with E-state index in [9.17, 15) is 18.0 Å². The summed E-state index contributed by atoms with van der Waals surface area (Å²) < 4.78 is 40.0. The molecule has 1 heterocycles. The van der Waals surface area contributed by atoms with Crippen LogP contribution in [-0.4, -0.2) is 15.7 Å². The summed E-state index contributed by atoms with van der Waals surface area (Å²) in [7, 11) is 0. The van der Waals surface area contributed by atoms with Crippen LogP contribution in [0.3, 0.4) is 0 Å². The highest BCUT2D eigenvalue weighted by atomic mass is 19.4. The van der Waals surface area contributed by atoms with Gasteiger partial charge in [-0.05, 0) is 31.2 Å². The molecule has 0 aliphatic carbocycles. The molecule has 0 radical (unpaired) electrons. The van der Waals surface area contributed by atoms with Crippen LogP contribution in [-0.2, 0) is 11.0 Å². The van der Waals surface area contributed by atoms with E-state index >= 15 is 0 Å². The molecule has 0 saturated carbocycles. The summed E-state index contributed by atoms with van der Waals surface area (Å²) >= 11 is 0. The minimum Gasteiger partial charge on any atom is -0.321 e. The van der Waals surface area contributed by atoms with Gasteiger partial charge in [-0.25, -0.2) is 4.68 Å². The third-order valence-electron chi connectivity index (χ3n) is 2.88. The largest absolute Gasteiger partial charge is 0.416 e. The molecule has 0 fully saturated rings. The predicted molar refractivity (Wildman–Crippen MR) is 81.1 cm³/mol. The molecule has 0 saturated heterocycles. The number of allylic oxidation sites excluding steroid dienone is 3. The highest BCUT2D eigenvalue weighted by Crippen LogP contribution is 2.33. The Hall–Kier alpha value is -2.83. The summed E-state index contributed by atoms with van der Waals surface area (Å²) in [4.78, 5) is 11.8. The first-order valence-corrected chi connectivity index (χ1v) is 6.73. The quantitative estimate of drug-likeness (QED) is 0.684. The molecule has 1 N–H and O–H groups in total. The summed E-state index contributed by atoms with van der Waals surface area (Å²) in [6, 6.07) is 4.73. The Labute approximate surface area is 130 Å². The summed E-state index contributed by atoms with van der Waals surface area (Å²) in [5.41, 5.74) is -0.476. The monoisotopic (exact) mass is 321 g/mol. The van der Waals surface area contributed by atoms with Gasteiger partial charge in [-0.2, -0.15) is 18.3 Å². The minimum atomic E-state index is -4.50. The number of nitrogens with zero attached hydrogens (tertiary/aromatic N) is 2. The maximum atomic E-state index is 12.9. The van der Waals surface area contributed by atoms with E-state index in [1.165, 1.54) is 29.1 Å². The van der Waals surface area contributed by atoms with Crippen LogP contribution in [0.1, 0.15) is 12.5 Å². The molecule has 7 heteroatoms. The second-order valence-electron chi connectivity index (χ2n) is 4.55. The van der Waals surface area contributed by atoms with Gasteiger partial charge in [0.25, 0.3) is 0 Å². The van der Waals surface area contributed by atoms with Gasteiger partial charge in [0, 0.05) is 18.5 Å². The number of benzene rings is 1. The molecule has 2 rings (SSSR count). The number of rotatable bonds is 4. The van der Waals surface area contributed by atoms with Gasteiger partial charge in [0.2, 0.25) is 5.91 Å². The van der Waals surface area contributed by atoms with Crippen LogP contribution < -0.4 is 5.32 Å². The number of carbonyl (C=O) groups excluding carboxylic acids is 1. The Morgan fingerprint density at radius 1 is 1.30 bits per heavy atom. The molecule has 4 nitrogen and oxygen atoms in total. The molecule has 0 bridgehead atoms. The van der Waals surface area contributed by atoms with Crippen molar-refractivity contribution < 1.29 is 18.0 Å². The molecule has 23 heavy (non-hydrogen) atoms. The molecule has 1 amide bonds. The molecule has 0 spiro atoms. The highest BCUT2D eigenvalue weighted by Gasteiger charge is 2.31. The Morgan fingerprint density at radius 2 is 2.09 bits per heavy atom. The number of carbonyl (C=O) groups is 1. The first-order chi connectivity index (χ1) is 10.9. The van der Waals surface area contributed by atoms with Gasteiger partial charge in [0.1, 0.15) is 0 Å². The molecule has 0 atom stereocenters. The fourth-order valence-corrected chi connectivity index (χ4v) is 1.85. The number of aromatic nitrogens is 2. The molecular weight excluding hydrogens is 307 g/mol. The average Bonchev–Trinajstić information content (AvgIpc) is 3.00. The number of hydrogen-bond donors (Lipinski definition) is 1. The number of hydrogen-bond acceptors (Lipinski definition) is 2. The molecule has 1 aromatic heterocycles. The summed E-state index contributed by atoms with van der Waals surface area (Å²) in [6.07, 6.45) is 4.67. The van der Waals surface area contributed by atoms with Crippen LogP contribution in [0.4, 0.5) is 18.9 Å². The Morgan fingerprint density at radius 3 is 2.70 bits per heavy atom. The molecule has 0 aliphatic heterocycles. The lowest BCUT2D eigenvalue weighted by atomic mass is 10.1. The van der Waals surface area contributed by atoms with Crippen molar-refractivity contribution in [1.82, 2.24) is 9.78 Å². The lowest BCUT2D eigenvalue weighted by Gasteiger charge is -2.14. The summed E-state index contributed by atoms with van der Waals surface area (Å²) in [6.45, 7) is 1.78. The molecule has 1 aromatic carbocycles. The van der Waals surface area contributed by atoms with Crippen molar-refractivity contribution in [2.75, 3.05) is 5.32 Å². The van der Waals surface area contributed by atoms with Crippen molar-refractivity contribution in [1.29, 1.82) is 0 Å². The summed E-state index contributed by atoms with van der Waals surface area (Å²) in [5, 5.41) is 6.43. The van der Waals surface area contributed by atoms with Crippen molar-refractivity contribution in [3.63, 3.8) is 0 Å². The van der Waals surface area contributed by atoms with E-state index in [2.05, 4.69) is 10.4 Å². The first kappa shape index (κ1) is 16.5. The first-order valence-electron chi connectivity index (χ1n) is 6.73. The van der Waals surface area contributed by atoms with Crippen LogP contribution >= 0.6 is 0 Å². The van der Waals surface area contributed by atoms with E-state index in [4.69, 9.17) is 0 Å². The van der Waals surface area contributed by atoms with E-state index in [-0.39, 0.29) is 5.69 Å². The van der Waals surface area contributed by atoms with Gasteiger partial charge in [-0.3, -0.25) is 4.79 Å². The third kappa shape index (κ3) is 4.32. The second kappa shape index (κ2) is 6.95. The van der Waals surface area contributed by atoms with E-state index in [0.717, 1.165) is 12.1 Å². The number of anilines is 1. The molecule has 0 unspecified atom stereocenters. The standard InChI is InChI=1S/C16H14F3N3O/c1-2-3-4-6-15(23)21-13-11-12(16(17,18)19)7-8-14(13)22-10-5-9-20-22/h2-11H,1H3,(H,21,23)/b3-2+,6-4+. The number of nitrogens with one attached hydrogen (secondary N) is 1. The summed E-state index contributed by atoms with van der Waals surface area (Å²) in [5.74, 6) is -0.532. The van der Waals surface area contributed by atoms with Crippen molar-refractivity contribution in [3.8, 4) is 5.69 Å². The van der Waals surface area contributed by atoms with Gasteiger partial charge < -0.3 is 5.32 Å². The van der Waals surface area contributed by atoms with Crippen LogP contribution in [0.15, 0.2) is 61.0 Å². The van der Waals surface area contributed by atoms with Gasteiger partial charge >= 0.3 is 6.18 Å². The van der Waals surface area contributed by atoms with Gasteiger partial charge in [0.05, 0.1) is 16.9 Å². The average molecular weight is 321 g/mol. The maximum Gasteiger partial charge on any atom is 0.416 e.